The minimum absolute atomic E-state index is 0.0404. The molecule has 0 unspecified atom stereocenters. The number of carbonyl (C=O) groups is 2. The highest BCUT2D eigenvalue weighted by Gasteiger charge is 2.35. The Balaban J connectivity index is 1.44. The van der Waals surface area contributed by atoms with Crippen LogP contribution in [0.15, 0.2) is 41.8 Å². The summed E-state index contributed by atoms with van der Waals surface area (Å²) in [6.45, 7) is 3.95. The van der Waals surface area contributed by atoms with Gasteiger partial charge in [-0.2, -0.15) is 0 Å². The number of hydrogen-bond acceptors (Lipinski definition) is 7. The summed E-state index contributed by atoms with van der Waals surface area (Å²) in [4.78, 5) is 34.5. The lowest BCUT2D eigenvalue weighted by Crippen LogP contribution is -2.45. The van der Waals surface area contributed by atoms with Crippen molar-refractivity contribution in [1.82, 2.24) is 9.88 Å². The molecule has 1 aliphatic carbocycles. The molecule has 200 valence electrons. The number of benzene rings is 1. The first-order valence-corrected chi connectivity index (χ1v) is 15.7. The standard InChI is InChI=1S/C29H32N2O5S2/c1-19(2)16-31(21-12-14-38(34,35)18-21)26(32)17-36-29(33)27-23-9-3-4-11-25(23)30-28-20(7-5-10-24(27)28)15-22-8-6-13-37-22/h3-4,6,8-9,11,13,15,19,21H,5,7,10,12,14,16-18H2,1-2H3/b20-15-/t21-/m1/s1. The molecule has 3 heterocycles. The number of hydrogen-bond donors (Lipinski definition) is 0. The second-order valence-electron chi connectivity index (χ2n) is 10.4. The predicted molar refractivity (Wildman–Crippen MR) is 151 cm³/mol. The number of allylic oxidation sites excluding steroid dienone is 1. The van der Waals surface area contributed by atoms with Crippen molar-refractivity contribution in [1.29, 1.82) is 0 Å². The maximum Gasteiger partial charge on any atom is 0.339 e. The molecule has 0 radical (unpaired) electrons. The number of pyridine rings is 1. The summed E-state index contributed by atoms with van der Waals surface area (Å²) in [6, 6.07) is 11.2. The normalized spacial score (nSPS) is 19.6. The third kappa shape index (κ3) is 5.68. The van der Waals surface area contributed by atoms with Crippen molar-refractivity contribution >= 4 is 55.6 Å². The minimum atomic E-state index is -3.16. The minimum Gasteiger partial charge on any atom is -0.452 e. The van der Waals surface area contributed by atoms with E-state index in [-0.39, 0.29) is 29.4 Å². The highest BCUT2D eigenvalue weighted by molar-refractivity contribution is 7.91. The van der Waals surface area contributed by atoms with Gasteiger partial charge in [-0.25, -0.2) is 18.2 Å². The van der Waals surface area contributed by atoms with Crippen LogP contribution in [0.4, 0.5) is 0 Å². The smallest absolute Gasteiger partial charge is 0.339 e. The molecule has 0 saturated carbocycles. The van der Waals surface area contributed by atoms with Crippen molar-refractivity contribution in [2.75, 3.05) is 24.7 Å². The largest absolute Gasteiger partial charge is 0.452 e. The van der Waals surface area contributed by atoms with Crippen LogP contribution in [0.25, 0.3) is 22.6 Å². The highest BCUT2D eigenvalue weighted by atomic mass is 32.2. The van der Waals surface area contributed by atoms with Crippen LogP contribution in [0, 0.1) is 5.92 Å². The SMILES string of the molecule is CC(C)CN(C(=O)COC(=O)c1c2c(nc3ccccc13)/C(=C\c1cccs1)CCC2)[C@@H]1CCS(=O)(=O)C1. The molecule has 1 saturated heterocycles. The van der Waals surface area contributed by atoms with E-state index in [1.165, 1.54) is 0 Å². The van der Waals surface area contributed by atoms with Crippen LogP contribution < -0.4 is 0 Å². The molecular formula is C29H32N2O5S2. The van der Waals surface area contributed by atoms with E-state index in [2.05, 4.69) is 12.1 Å². The van der Waals surface area contributed by atoms with E-state index in [0.717, 1.165) is 34.5 Å². The number of aromatic nitrogens is 1. The Kier molecular flexibility index (Phi) is 7.68. The molecule has 0 bridgehead atoms. The molecule has 38 heavy (non-hydrogen) atoms. The summed E-state index contributed by atoms with van der Waals surface area (Å²) in [6.07, 6.45) is 5.02. The van der Waals surface area contributed by atoms with E-state index < -0.39 is 22.4 Å². The van der Waals surface area contributed by atoms with E-state index in [1.807, 2.05) is 49.6 Å². The lowest BCUT2D eigenvalue weighted by molar-refractivity contribution is -0.137. The molecule has 2 aromatic heterocycles. The highest BCUT2D eigenvalue weighted by Crippen LogP contribution is 2.37. The molecule has 3 aromatic rings. The predicted octanol–water partition coefficient (Wildman–Crippen LogP) is 5.00. The molecule has 0 N–H and O–H groups in total. The maximum atomic E-state index is 13.6. The van der Waals surface area contributed by atoms with Crippen LogP contribution in [0.1, 0.15) is 59.6 Å². The van der Waals surface area contributed by atoms with Crippen molar-refractivity contribution in [3.8, 4) is 0 Å². The van der Waals surface area contributed by atoms with Gasteiger partial charge in [0.25, 0.3) is 5.91 Å². The molecule has 0 spiro atoms. The fourth-order valence-electron chi connectivity index (χ4n) is 5.40. The first-order chi connectivity index (χ1) is 18.2. The van der Waals surface area contributed by atoms with Gasteiger partial charge in [0.05, 0.1) is 28.3 Å². The topological polar surface area (TPSA) is 93.6 Å². The molecule has 1 aliphatic heterocycles. The van der Waals surface area contributed by atoms with E-state index in [1.54, 1.807) is 16.2 Å². The summed E-state index contributed by atoms with van der Waals surface area (Å²) >= 11 is 1.66. The Hall–Kier alpha value is -3.04. The number of thiophene rings is 1. The summed E-state index contributed by atoms with van der Waals surface area (Å²) in [7, 11) is -3.16. The van der Waals surface area contributed by atoms with Gasteiger partial charge >= 0.3 is 5.97 Å². The number of sulfone groups is 1. The maximum absolute atomic E-state index is 13.6. The Morgan fingerprint density at radius 2 is 2.00 bits per heavy atom. The first-order valence-electron chi connectivity index (χ1n) is 13.0. The zero-order valence-electron chi connectivity index (χ0n) is 21.7. The second-order valence-corrected chi connectivity index (χ2v) is 13.7. The molecular weight excluding hydrogens is 520 g/mol. The van der Waals surface area contributed by atoms with Gasteiger partial charge in [0.1, 0.15) is 0 Å². The second kappa shape index (κ2) is 11.0. The molecule has 1 amide bonds. The summed E-state index contributed by atoms with van der Waals surface area (Å²) in [5.74, 6) is -0.715. The summed E-state index contributed by atoms with van der Waals surface area (Å²) in [5.41, 5.74) is 3.95. The number of nitrogens with zero attached hydrogens (tertiary/aromatic N) is 2. The first kappa shape index (κ1) is 26.6. The monoisotopic (exact) mass is 552 g/mol. The van der Waals surface area contributed by atoms with Crippen LogP contribution >= 0.6 is 11.3 Å². The number of carbonyl (C=O) groups excluding carboxylic acids is 2. The molecule has 2 aliphatic rings. The third-order valence-electron chi connectivity index (χ3n) is 7.09. The van der Waals surface area contributed by atoms with Crippen molar-refractivity contribution in [2.45, 2.75) is 45.6 Å². The van der Waals surface area contributed by atoms with Gasteiger partial charge in [-0.05, 0) is 66.3 Å². The Morgan fingerprint density at radius 3 is 2.71 bits per heavy atom. The van der Waals surface area contributed by atoms with Crippen molar-refractivity contribution < 1.29 is 22.7 Å². The van der Waals surface area contributed by atoms with Gasteiger partial charge in [-0.3, -0.25) is 4.79 Å². The number of rotatable bonds is 7. The third-order valence-corrected chi connectivity index (χ3v) is 9.66. The number of para-hydroxylation sites is 1. The quantitative estimate of drug-likeness (QED) is 0.383. The van der Waals surface area contributed by atoms with Crippen LogP contribution in [0.2, 0.25) is 0 Å². The van der Waals surface area contributed by atoms with Gasteiger partial charge in [0, 0.05) is 22.8 Å². The lowest BCUT2D eigenvalue weighted by atomic mass is 9.86. The van der Waals surface area contributed by atoms with Gasteiger partial charge in [0.15, 0.2) is 16.4 Å². The molecule has 5 rings (SSSR count). The van der Waals surface area contributed by atoms with Gasteiger partial charge in [-0.1, -0.05) is 38.1 Å². The van der Waals surface area contributed by atoms with E-state index in [9.17, 15) is 18.0 Å². The van der Waals surface area contributed by atoms with Crippen molar-refractivity contribution in [3.05, 3.63) is 63.5 Å². The number of amides is 1. The molecule has 7 nitrogen and oxygen atoms in total. The van der Waals surface area contributed by atoms with Crippen molar-refractivity contribution in [2.24, 2.45) is 5.92 Å². The number of fused-ring (bicyclic) bond motifs is 2. The molecule has 9 heteroatoms. The van der Waals surface area contributed by atoms with E-state index >= 15 is 0 Å². The van der Waals surface area contributed by atoms with Gasteiger partial charge in [0.2, 0.25) is 0 Å². The molecule has 1 aromatic carbocycles. The fourth-order valence-corrected chi connectivity index (χ4v) is 7.82. The average Bonchev–Trinajstić information content (AvgIpc) is 3.53. The number of ether oxygens (including phenoxy) is 1. The van der Waals surface area contributed by atoms with E-state index in [4.69, 9.17) is 9.72 Å². The van der Waals surface area contributed by atoms with Crippen LogP contribution in [-0.4, -0.2) is 60.9 Å². The lowest BCUT2D eigenvalue weighted by Gasteiger charge is -2.30. The van der Waals surface area contributed by atoms with E-state index in [0.29, 0.717) is 35.9 Å². The summed E-state index contributed by atoms with van der Waals surface area (Å²) < 4.78 is 29.8. The zero-order valence-corrected chi connectivity index (χ0v) is 23.3. The fraction of sp³-hybridized carbons (Fsp3) is 0.414. The van der Waals surface area contributed by atoms with Crippen LogP contribution in [0.3, 0.4) is 0 Å². The zero-order chi connectivity index (χ0) is 26.9. The van der Waals surface area contributed by atoms with Crippen molar-refractivity contribution in [3.63, 3.8) is 0 Å². The average molecular weight is 553 g/mol. The summed E-state index contributed by atoms with van der Waals surface area (Å²) in [5, 5.41) is 2.75. The van der Waals surface area contributed by atoms with Gasteiger partial charge in [-0.15, -0.1) is 11.3 Å². The number of esters is 1. The van der Waals surface area contributed by atoms with Gasteiger partial charge < -0.3 is 9.64 Å². The van der Waals surface area contributed by atoms with Crippen LogP contribution in [-0.2, 0) is 25.8 Å². The Morgan fingerprint density at radius 1 is 1.18 bits per heavy atom. The van der Waals surface area contributed by atoms with Crippen LogP contribution in [0.5, 0.6) is 0 Å². The Labute approximate surface area is 227 Å². The molecule has 1 atom stereocenters. The molecule has 1 fully saturated rings. The Bertz CT molecular complexity index is 1490.